The Bertz CT molecular complexity index is 1090. The summed E-state index contributed by atoms with van der Waals surface area (Å²) in [5.74, 6) is 0.348. The summed E-state index contributed by atoms with van der Waals surface area (Å²) in [6.45, 7) is 4.83. The third-order valence-corrected chi connectivity index (χ3v) is 6.65. The lowest BCUT2D eigenvalue weighted by Gasteiger charge is -2.31. The minimum atomic E-state index is -0.666. The van der Waals surface area contributed by atoms with Gasteiger partial charge in [-0.2, -0.15) is 0 Å². The SMILES string of the molecule is CCCNC(=O)[C@@H](Cc1ccccc1)N(Cc1ccc(F)cc1)C(=O)CSCc1cccc(C)c1. The van der Waals surface area contributed by atoms with E-state index in [1.54, 1.807) is 17.0 Å². The van der Waals surface area contributed by atoms with E-state index in [0.717, 1.165) is 23.1 Å². The van der Waals surface area contributed by atoms with Crippen molar-refractivity contribution in [2.24, 2.45) is 0 Å². The first-order valence-electron chi connectivity index (χ1n) is 11.9. The van der Waals surface area contributed by atoms with Crippen LogP contribution < -0.4 is 5.32 Å². The van der Waals surface area contributed by atoms with Gasteiger partial charge in [-0.3, -0.25) is 9.59 Å². The van der Waals surface area contributed by atoms with Crippen molar-refractivity contribution >= 4 is 23.6 Å². The van der Waals surface area contributed by atoms with Gasteiger partial charge >= 0.3 is 0 Å². The number of aryl methyl sites for hydroxylation is 1. The first-order valence-corrected chi connectivity index (χ1v) is 13.1. The molecule has 1 N–H and O–H groups in total. The number of carbonyl (C=O) groups is 2. The van der Waals surface area contributed by atoms with Gasteiger partial charge in [-0.25, -0.2) is 4.39 Å². The van der Waals surface area contributed by atoms with Crippen LogP contribution >= 0.6 is 11.8 Å². The van der Waals surface area contributed by atoms with E-state index in [1.165, 1.54) is 29.5 Å². The summed E-state index contributed by atoms with van der Waals surface area (Å²) in [7, 11) is 0. The number of thioether (sulfide) groups is 1. The highest BCUT2D eigenvalue weighted by molar-refractivity contribution is 7.99. The molecule has 35 heavy (non-hydrogen) atoms. The first kappa shape index (κ1) is 26.5. The molecule has 3 aromatic carbocycles. The zero-order valence-electron chi connectivity index (χ0n) is 20.4. The molecule has 3 aromatic rings. The Morgan fingerprint density at radius 3 is 2.34 bits per heavy atom. The minimum absolute atomic E-state index is 0.112. The third kappa shape index (κ3) is 8.55. The van der Waals surface area contributed by atoms with E-state index in [-0.39, 0.29) is 29.9 Å². The lowest BCUT2D eigenvalue weighted by atomic mass is 10.0. The molecule has 0 radical (unpaired) electrons. The van der Waals surface area contributed by atoms with Gasteiger partial charge in [0.25, 0.3) is 0 Å². The number of amides is 2. The number of benzene rings is 3. The van der Waals surface area contributed by atoms with Gasteiger partial charge in [0.05, 0.1) is 5.75 Å². The first-order chi connectivity index (χ1) is 17.0. The average Bonchev–Trinajstić information content (AvgIpc) is 2.86. The fourth-order valence-electron chi connectivity index (χ4n) is 3.85. The Morgan fingerprint density at radius 2 is 1.66 bits per heavy atom. The van der Waals surface area contributed by atoms with Crippen LogP contribution in [0.2, 0.25) is 0 Å². The molecule has 184 valence electrons. The van der Waals surface area contributed by atoms with Crippen LogP contribution in [0.3, 0.4) is 0 Å². The number of hydrogen-bond donors (Lipinski definition) is 1. The molecule has 0 aromatic heterocycles. The second-order valence-corrected chi connectivity index (χ2v) is 9.61. The predicted octanol–water partition coefficient (Wildman–Crippen LogP) is 5.53. The highest BCUT2D eigenvalue weighted by Crippen LogP contribution is 2.19. The molecule has 0 bridgehead atoms. The van der Waals surface area contributed by atoms with E-state index in [1.807, 2.05) is 56.3 Å². The molecule has 4 nitrogen and oxygen atoms in total. The van der Waals surface area contributed by atoms with E-state index in [4.69, 9.17) is 0 Å². The quantitative estimate of drug-likeness (QED) is 0.362. The Kier molecular flexibility index (Phi) is 10.4. The van der Waals surface area contributed by atoms with Crippen LogP contribution in [0, 0.1) is 12.7 Å². The number of rotatable bonds is 12. The van der Waals surface area contributed by atoms with Crippen molar-refractivity contribution in [3.8, 4) is 0 Å². The van der Waals surface area contributed by atoms with Gasteiger partial charge in [-0.15, -0.1) is 11.8 Å². The zero-order chi connectivity index (χ0) is 25.0. The van der Waals surface area contributed by atoms with Crippen molar-refractivity contribution in [3.63, 3.8) is 0 Å². The molecule has 0 aliphatic carbocycles. The summed E-state index contributed by atoms with van der Waals surface area (Å²) in [6, 6.07) is 23.4. The second-order valence-electron chi connectivity index (χ2n) is 8.63. The monoisotopic (exact) mass is 492 g/mol. The van der Waals surface area contributed by atoms with Crippen molar-refractivity contribution in [1.29, 1.82) is 0 Å². The molecular weight excluding hydrogens is 459 g/mol. The molecular formula is C29H33FN2O2S. The fraction of sp³-hybridized carbons (Fsp3) is 0.310. The lowest BCUT2D eigenvalue weighted by Crippen LogP contribution is -2.51. The van der Waals surface area contributed by atoms with Crippen molar-refractivity contribution in [1.82, 2.24) is 10.2 Å². The van der Waals surface area contributed by atoms with Gasteiger partial charge in [0.1, 0.15) is 11.9 Å². The van der Waals surface area contributed by atoms with Crippen LogP contribution in [0.5, 0.6) is 0 Å². The number of hydrogen-bond acceptors (Lipinski definition) is 3. The molecule has 0 spiro atoms. The number of halogens is 1. The summed E-state index contributed by atoms with van der Waals surface area (Å²) >= 11 is 1.53. The van der Waals surface area contributed by atoms with E-state index in [2.05, 4.69) is 17.4 Å². The van der Waals surface area contributed by atoms with Crippen LogP contribution in [0.25, 0.3) is 0 Å². The minimum Gasteiger partial charge on any atom is -0.354 e. The maximum Gasteiger partial charge on any atom is 0.243 e. The Hall–Kier alpha value is -3.12. The molecule has 0 unspecified atom stereocenters. The zero-order valence-corrected chi connectivity index (χ0v) is 21.2. The average molecular weight is 493 g/mol. The summed E-state index contributed by atoms with van der Waals surface area (Å²) in [6.07, 6.45) is 1.22. The maximum atomic E-state index is 13.5. The van der Waals surface area contributed by atoms with Crippen LogP contribution in [0.1, 0.15) is 35.6 Å². The van der Waals surface area contributed by atoms with Crippen molar-refractivity contribution < 1.29 is 14.0 Å². The standard InChI is InChI=1S/C29H33FN2O2S/c1-3-16-31-29(34)27(18-23-9-5-4-6-10-23)32(19-24-12-14-26(30)15-13-24)28(33)21-35-20-25-11-7-8-22(2)17-25/h4-15,17,27H,3,16,18-21H2,1-2H3,(H,31,34)/t27-/m1/s1. The van der Waals surface area contributed by atoms with E-state index >= 15 is 0 Å². The molecule has 6 heteroatoms. The fourth-order valence-corrected chi connectivity index (χ4v) is 4.71. The van der Waals surface area contributed by atoms with Gasteiger partial charge in [-0.1, -0.05) is 79.2 Å². The van der Waals surface area contributed by atoms with E-state index in [9.17, 15) is 14.0 Å². The Balaban J connectivity index is 1.82. The number of carbonyl (C=O) groups excluding carboxylic acids is 2. The van der Waals surface area contributed by atoms with Crippen LogP contribution in [-0.4, -0.2) is 35.1 Å². The molecule has 1 atom stereocenters. The van der Waals surface area contributed by atoms with Gasteiger partial charge in [0, 0.05) is 25.3 Å². The second kappa shape index (κ2) is 13.7. The Labute approximate surface area is 211 Å². The lowest BCUT2D eigenvalue weighted by molar-refractivity contribution is -0.139. The summed E-state index contributed by atoms with van der Waals surface area (Å²) < 4.78 is 13.5. The Morgan fingerprint density at radius 1 is 0.943 bits per heavy atom. The van der Waals surface area contributed by atoms with Gasteiger partial charge in [0.15, 0.2) is 0 Å². The molecule has 0 aliphatic rings. The van der Waals surface area contributed by atoms with Gasteiger partial charge < -0.3 is 10.2 Å². The normalized spacial score (nSPS) is 11.6. The van der Waals surface area contributed by atoms with Gasteiger partial charge in [0.2, 0.25) is 11.8 Å². The molecule has 0 heterocycles. The van der Waals surface area contributed by atoms with Crippen LogP contribution in [-0.2, 0) is 28.3 Å². The van der Waals surface area contributed by atoms with Crippen LogP contribution in [0.15, 0.2) is 78.9 Å². The molecule has 2 amide bonds. The predicted molar refractivity (Wildman–Crippen MR) is 142 cm³/mol. The summed E-state index contributed by atoms with van der Waals surface area (Å²) in [5, 5.41) is 2.97. The summed E-state index contributed by atoms with van der Waals surface area (Å²) in [5.41, 5.74) is 4.11. The molecule has 0 saturated heterocycles. The van der Waals surface area contributed by atoms with Crippen molar-refractivity contribution in [2.45, 2.75) is 45.0 Å². The smallest absolute Gasteiger partial charge is 0.243 e. The topological polar surface area (TPSA) is 49.4 Å². The molecule has 3 rings (SSSR count). The highest BCUT2D eigenvalue weighted by atomic mass is 32.2. The molecule has 0 aliphatic heterocycles. The van der Waals surface area contributed by atoms with E-state index < -0.39 is 6.04 Å². The number of nitrogens with zero attached hydrogens (tertiary/aromatic N) is 1. The number of nitrogens with one attached hydrogen (secondary N) is 1. The molecule has 0 saturated carbocycles. The van der Waals surface area contributed by atoms with E-state index in [0.29, 0.717) is 18.7 Å². The van der Waals surface area contributed by atoms with Crippen LogP contribution in [0.4, 0.5) is 4.39 Å². The largest absolute Gasteiger partial charge is 0.354 e. The third-order valence-electron chi connectivity index (χ3n) is 5.66. The maximum absolute atomic E-state index is 13.5. The van der Waals surface area contributed by atoms with Crippen molar-refractivity contribution in [2.75, 3.05) is 12.3 Å². The van der Waals surface area contributed by atoms with Crippen molar-refractivity contribution in [3.05, 3.63) is 107 Å². The van der Waals surface area contributed by atoms with Gasteiger partial charge in [-0.05, 0) is 42.2 Å². The summed E-state index contributed by atoms with van der Waals surface area (Å²) in [4.78, 5) is 28.4. The molecule has 0 fully saturated rings. The highest BCUT2D eigenvalue weighted by Gasteiger charge is 2.30.